The molecule has 0 bridgehead atoms. The molecule has 25 heavy (non-hydrogen) atoms. The SMILES string of the molecule is Cc1ccc(C(C)C)c(SC2=C(O)CC(c3ccccc3)OC2=O)c1. The third-order valence-corrected chi connectivity index (χ3v) is 5.43. The van der Waals surface area contributed by atoms with Crippen molar-refractivity contribution in [3.05, 3.63) is 75.9 Å². The lowest BCUT2D eigenvalue weighted by molar-refractivity contribution is -0.146. The van der Waals surface area contributed by atoms with E-state index >= 15 is 0 Å². The third-order valence-electron chi connectivity index (χ3n) is 4.25. The average molecular weight is 354 g/mol. The fourth-order valence-corrected chi connectivity index (χ4v) is 4.10. The maximum Gasteiger partial charge on any atom is 0.349 e. The van der Waals surface area contributed by atoms with Gasteiger partial charge in [-0.15, -0.1) is 0 Å². The molecule has 0 amide bonds. The van der Waals surface area contributed by atoms with Crippen molar-refractivity contribution in [3.63, 3.8) is 0 Å². The van der Waals surface area contributed by atoms with Crippen molar-refractivity contribution in [1.82, 2.24) is 0 Å². The maximum atomic E-state index is 12.5. The first-order valence-electron chi connectivity index (χ1n) is 8.42. The minimum atomic E-state index is -0.459. The normalized spacial score (nSPS) is 17.8. The predicted octanol–water partition coefficient (Wildman–Crippen LogP) is 5.67. The van der Waals surface area contributed by atoms with Gasteiger partial charge in [-0.25, -0.2) is 4.79 Å². The lowest BCUT2D eigenvalue weighted by Crippen LogP contribution is -2.20. The Morgan fingerprint density at radius 2 is 1.88 bits per heavy atom. The van der Waals surface area contributed by atoms with Crippen molar-refractivity contribution in [2.75, 3.05) is 0 Å². The van der Waals surface area contributed by atoms with Crippen LogP contribution in [-0.2, 0) is 9.53 Å². The summed E-state index contributed by atoms with van der Waals surface area (Å²) >= 11 is 1.30. The molecule has 1 aliphatic rings. The molecule has 1 atom stereocenters. The number of thioether (sulfide) groups is 1. The van der Waals surface area contributed by atoms with Gasteiger partial charge in [-0.05, 0) is 35.6 Å². The van der Waals surface area contributed by atoms with Crippen LogP contribution in [0.2, 0.25) is 0 Å². The first kappa shape index (κ1) is 17.6. The van der Waals surface area contributed by atoms with Crippen LogP contribution >= 0.6 is 11.8 Å². The number of cyclic esters (lactones) is 1. The van der Waals surface area contributed by atoms with Crippen LogP contribution in [-0.4, -0.2) is 11.1 Å². The Hall–Kier alpha value is -2.20. The topological polar surface area (TPSA) is 46.5 Å². The Bertz CT molecular complexity index is 809. The van der Waals surface area contributed by atoms with Crippen LogP contribution in [0.4, 0.5) is 0 Å². The highest BCUT2D eigenvalue weighted by Gasteiger charge is 2.31. The molecule has 0 aromatic heterocycles. The van der Waals surface area contributed by atoms with E-state index in [1.807, 2.05) is 37.3 Å². The van der Waals surface area contributed by atoms with Crippen molar-refractivity contribution in [2.45, 2.75) is 44.1 Å². The van der Waals surface area contributed by atoms with Crippen molar-refractivity contribution >= 4 is 17.7 Å². The molecule has 3 rings (SSSR count). The number of carbonyl (C=O) groups excluding carboxylic acids is 1. The van der Waals surface area contributed by atoms with Gasteiger partial charge < -0.3 is 9.84 Å². The highest BCUT2D eigenvalue weighted by Crippen LogP contribution is 2.41. The zero-order valence-electron chi connectivity index (χ0n) is 14.7. The molecule has 0 spiro atoms. The Kier molecular flexibility index (Phi) is 5.19. The first-order chi connectivity index (χ1) is 12.0. The molecule has 0 radical (unpaired) electrons. The summed E-state index contributed by atoms with van der Waals surface area (Å²) in [4.78, 5) is 13.8. The quantitative estimate of drug-likeness (QED) is 0.719. The minimum absolute atomic E-state index is 0.103. The molecule has 130 valence electrons. The van der Waals surface area contributed by atoms with E-state index in [0.29, 0.717) is 17.2 Å². The van der Waals surface area contributed by atoms with E-state index in [2.05, 4.69) is 32.0 Å². The van der Waals surface area contributed by atoms with Crippen molar-refractivity contribution in [1.29, 1.82) is 0 Å². The van der Waals surface area contributed by atoms with E-state index in [9.17, 15) is 9.90 Å². The molecule has 0 saturated heterocycles. The number of benzene rings is 2. The number of ether oxygens (including phenoxy) is 1. The van der Waals surface area contributed by atoms with Crippen LogP contribution < -0.4 is 0 Å². The second-order valence-electron chi connectivity index (χ2n) is 6.58. The van der Waals surface area contributed by atoms with Crippen LogP contribution in [0, 0.1) is 6.92 Å². The number of hydrogen-bond donors (Lipinski definition) is 1. The summed E-state index contributed by atoms with van der Waals surface area (Å²) in [6.45, 7) is 6.26. The molecule has 1 heterocycles. The Morgan fingerprint density at radius 3 is 2.52 bits per heavy atom. The van der Waals surface area contributed by atoms with E-state index in [4.69, 9.17) is 4.74 Å². The number of carbonyl (C=O) groups is 1. The molecule has 1 unspecified atom stereocenters. The third kappa shape index (κ3) is 3.90. The molecule has 2 aromatic carbocycles. The molecule has 1 aliphatic heterocycles. The predicted molar refractivity (Wildman–Crippen MR) is 101 cm³/mol. The summed E-state index contributed by atoms with van der Waals surface area (Å²) in [7, 11) is 0. The Morgan fingerprint density at radius 1 is 1.16 bits per heavy atom. The number of esters is 1. The molecule has 2 aromatic rings. The molecular formula is C21H22O3S. The van der Waals surface area contributed by atoms with Gasteiger partial charge in [0.2, 0.25) is 0 Å². The molecule has 4 heteroatoms. The smallest absolute Gasteiger partial charge is 0.349 e. The summed E-state index contributed by atoms with van der Waals surface area (Å²) in [6.07, 6.45) is -0.124. The zero-order chi connectivity index (χ0) is 18.0. The van der Waals surface area contributed by atoms with E-state index in [1.54, 1.807) is 0 Å². The van der Waals surface area contributed by atoms with Crippen LogP contribution in [0.5, 0.6) is 0 Å². The van der Waals surface area contributed by atoms with Crippen molar-refractivity contribution in [2.24, 2.45) is 0 Å². The van der Waals surface area contributed by atoms with Gasteiger partial charge in [-0.1, -0.05) is 68.1 Å². The molecular weight excluding hydrogens is 332 g/mol. The minimum Gasteiger partial charge on any atom is -0.511 e. The van der Waals surface area contributed by atoms with E-state index in [1.165, 1.54) is 11.8 Å². The van der Waals surface area contributed by atoms with E-state index < -0.39 is 12.1 Å². The number of aliphatic hydroxyl groups is 1. The monoisotopic (exact) mass is 354 g/mol. The number of rotatable bonds is 4. The molecule has 0 saturated carbocycles. The number of aliphatic hydroxyl groups excluding tert-OH is 1. The van der Waals surface area contributed by atoms with Gasteiger partial charge in [-0.3, -0.25) is 0 Å². The van der Waals surface area contributed by atoms with Crippen LogP contribution in [0.15, 0.2) is 64.1 Å². The summed E-state index contributed by atoms with van der Waals surface area (Å²) in [6, 6.07) is 15.7. The second kappa shape index (κ2) is 7.36. The lowest BCUT2D eigenvalue weighted by Gasteiger charge is -2.25. The number of hydrogen-bond acceptors (Lipinski definition) is 4. The van der Waals surface area contributed by atoms with Gasteiger partial charge in [0, 0.05) is 11.3 Å². The van der Waals surface area contributed by atoms with Crippen molar-refractivity contribution < 1.29 is 14.6 Å². The van der Waals surface area contributed by atoms with Gasteiger partial charge in [0.1, 0.15) is 16.8 Å². The molecule has 3 nitrogen and oxygen atoms in total. The fourth-order valence-electron chi connectivity index (χ4n) is 2.88. The average Bonchev–Trinajstić information content (AvgIpc) is 2.58. The van der Waals surface area contributed by atoms with E-state index in [-0.39, 0.29) is 5.76 Å². The molecule has 1 N–H and O–H groups in total. The van der Waals surface area contributed by atoms with E-state index in [0.717, 1.165) is 21.6 Å². The molecule has 0 fully saturated rings. The molecule has 0 aliphatic carbocycles. The Balaban J connectivity index is 1.88. The van der Waals surface area contributed by atoms with Crippen molar-refractivity contribution in [3.8, 4) is 0 Å². The van der Waals surface area contributed by atoms with Gasteiger partial charge in [0.05, 0.1) is 0 Å². The Labute approximate surface area is 152 Å². The fraction of sp³-hybridized carbons (Fsp3) is 0.286. The number of aryl methyl sites for hydroxylation is 1. The van der Waals surface area contributed by atoms with Crippen LogP contribution in [0.1, 0.15) is 49.0 Å². The standard InChI is InChI=1S/C21H22O3S/c1-13(2)16-10-9-14(3)11-19(16)25-20-17(22)12-18(24-21(20)23)15-7-5-4-6-8-15/h4-11,13,18,22H,12H2,1-3H3. The lowest BCUT2D eigenvalue weighted by atomic mass is 10.0. The van der Waals surface area contributed by atoms with Crippen LogP contribution in [0.3, 0.4) is 0 Å². The summed E-state index contributed by atoms with van der Waals surface area (Å²) in [5.41, 5.74) is 3.18. The van der Waals surface area contributed by atoms with Gasteiger partial charge in [0.25, 0.3) is 0 Å². The van der Waals surface area contributed by atoms with Crippen LogP contribution in [0.25, 0.3) is 0 Å². The summed E-state index contributed by atoms with van der Waals surface area (Å²) in [5.74, 6) is -0.0207. The highest BCUT2D eigenvalue weighted by atomic mass is 32.2. The first-order valence-corrected chi connectivity index (χ1v) is 9.23. The van der Waals surface area contributed by atoms with Gasteiger partial charge in [0.15, 0.2) is 0 Å². The van der Waals surface area contributed by atoms with Gasteiger partial charge >= 0.3 is 5.97 Å². The van der Waals surface area contributed by atoms with Gasteiger partial charge in [-0.2, -0.15) is 0 Å². The largest absolute Gasteiger partial charge is 0.511 e. The zero-order valence-corrected chi connectivity index (χ0v) is 15.5. The highest BCUT2D eigenvalue weighted by molar-refractivity contribution is 8.04. The summed E-state index contributed by atoms with van der Waals surface area (Å²) < 4.78 is 5.58. The second-order valence-corrected chi connectivity index (χ2v) is 7.63. The maximum absolute atomic E-state index is 12.5. The summed E-state index contributed by atoms with van der Waals surface area (Å²) in [5, 5.41) is 10.5.